The number of benzene rings is 1. The fourth-order valence-corrected chi connectivity index (χ4v) is 2.34. The Balaban J connectivity index is 2.60. The van der Waals surface area contributed by atoms with Gasteiger partial charge in [0.1, 0.15) is 6.23 Å². The average Bonchev–Trinajstić information content (AvgIpc) is 2.49. The Morgan fingerprint density at radius 1 is 1.41 bits per heavy atom. The van der Waals surface area contributed by atoms with Gasteiger partial charge in [-0.3, -0.25) is 0 Å². The molecule has 94 valence electrons. The maximum atomic E-state index is 11.2. The molecular formula is C9H12N2O5S. The Morgan fingerprint density at radius 3 is 2.59 bits per heavy atom. The van der Waals surface area contributed by atoms with Gasteiger partial charge in [0.05, 0.1) is 11.4 Å². The third-order valence-electron chi connectivity index (χ3n) is 2.19. The summed E-state index contributed by atoms with van der Waals surface area (Å²) in [5.74, 6) is -0.0813. The lowest BCUT2D eigenvalue weighted by Gasteiger charge is -2.14. The highest BCUT2D eigenvalue weighted by Gasteiger charge is 2.34. The van der Waals surface area contributed by atoms with Gasteiger partial charge in [-0.25, -0.2) is 0 Å². The first-order valence-corrected chi connectivity index (χ1v) is 6.15. The molecule has 7 nitrogen and oxygen atoms in total. The first kappa shape index (κ1) is 11.8. The van der Waals surface area contributed by atoms with E-state index in [2.05, 4.69) is 13.7 Å². The SMILES string of the molecule is Cc1cc(N)c2c(c1NC(C)O)OS(=O)(=O)O2. The summed E-state index contributed by atoms with van der Waals surface area (Å²) in [5, 5.41) is 11.9. The second-order valence-corrected chi connectivity index (χ2v) is 4.86. The molecule has 0 aromatic heterocycles. The number of nitrogen functional groups attached to an aromatic ring is 1. The zero-order valence-electron chi connectivity index (χ0n) is 9.22. The first-order valence-electron chi connectivity index (χ1n) is 4.82. The molecule has 1 unspecified atom stereocenters. The molecule has 1 atom stereocenters. The number of anilines is 2. The van der Waals surface area contributed by atoms with Gasteiger partial charge in [0.2, 0.25) is 11.5 Å². The molecule has 1 aromatic rings. The monoisotopic (exact) mass is 260 g/mol. The van der Waals surface area contributed by atoms with E-state index in [9.17, 15) is 13.5 Å². The number of fused-ring (bicyclic) bond motifs is 1. The van der Waals surface area contributed by atoms with Crippen molar-refractivity contribution >= 4 is 21.8 Å². The van der Waals surface area contributed by atoms with Crippen molar-refractivity contribution in [3.05, 3.63) is 11.6 Å². The summed E-state index contributed by atoms with van der Waals surface area (Å²) in [7, 11) is -4.10. The van der Waals surface area contributed by atoms with Crippen LogP contribution < -0.4 is 19.4 Å². The second-order valence-electron chi connectivity index (χ2n) is 3.71. The van der Waals surface area contributed by atoms with Gasteiger partial charge in [0.15, 0.2) is 0 Å². The summed E-state index contributed by atoms with van der Waals surface area (Å²) in [6.45, 7) is 3.20. The van der Waals surface area contributed by atoms with Crippen molar-refractivity contribution in [1.82, 2.24) is 0 Å². The minimum Gasteiger partial charge on any atom is -0.396 e. The molecule has 0 saturated carbocycles. The molecule has 1 aromatic carbocycles. The van der Waals surface area contributed by atoms with Gasteiger partial charge in [-0.05, 0) is 25.5 Å². The second kappa shape index (κ2) is 3.67. The Labute approximate surface area is 98.5 Å². The van der Waals surface area contributed by atoms with Gasteiger partial charge in [-0.1, -0.05) is 0 Å². The molecule has 0 aliphatic carbocycles. The van der Waals surface area contributed by atoms with E-state index < -0.39 is 16.6 Å². The minimum absolute atomic E-state index is 0.0246. The lowest BCUT2D eigenvalue weighted by molar-refractivity contribution is 0.224. The molecule has 0 fully saturated rings. The fraction of sp³-hybridized carbons (Fsp3) is 0.333. The first-order chi connectivity index (χ1) is 7.80. The largest absolute Gasteiger partial charge is 0.501 e. The van der Waals surface area contributed by atoms with Crippen LogP contribution in [0.3, 0.4) is 0 Å². The number of rotatable bonds is 2. The highest BCUT2D eigenvalue weighted by atomic mass is 32.3. The Bertz CT molecular complexity index is 567. The van der Waals surface area contributed by atoms with E-state index in [1.54, 1.807) is 6.92 Å². The molecular weight excluding hydrogens is 248 g/mol. The third kappa shape index (κ3) is 2.08. The predicted molar refractivity (Wildman–Crippen MR) is 61.1 cm³/mol. The van der Waals surface area contributed by atoms with Crippen LogP contribution in [0.4, 0.5) is 11.4 Å². The van der Waals surface area contributed by atoms with Gasteiger partial charge in [-0.15, -0.1) is 8.42 Å². The summed E-state index contributed by atoms with van der Waals surface area (Å²) >= 11 is 0. The van der Waals surface area contributed by atoms with Crippen molar-refractivity contribution < 1.29 is 21.9 Å². The molecule has 8 heteroatoms. The van der Waals surface area contributed by atoms with Crippen LogP contribution in [0.25, 0.3) is 0 Å². The van der Waals surface area contributed by atoms with E-state index in [4.69, 9.17) is 5.73 Å². The molecule has 0 radical (unpaired) electrons. The summed E-state index contributed by atoms with van der Waals surface area (Å²) in [4.78, 5) is 0. The molecule has 4 N–H and O–H groups in total. The van der Waals surface area contributed by atoms with Crippen molar-refractivity contribution in [2.24, 2.45) is 0 Å². The van der Waals surface area contributed by atoms with E-state index in [0.29, 0.717) is 11.3 Å². The summed E-state index contributed by atoms with van der Waals surface area (Å²) in [6, 6.07) is 1.54. The molecule has 0 bridgehead atoms. The molecule has 0 saturated heterocycles. The van der Waals surface area contributed by atoms with Gasteiger partial charge in [-0.2, -0.15) is 0 Å². The number of hydrogen-bond donors (Lipinski definition) is 3. The number of aliphatic hydroxyl groups excluding tert-OH is 1. The summed E-state index contributed by atoms with van der Waals surface area (Å²) in [5.41, 5.74) is 6.78. The number of nitrogens with two attached hydrogens (primary N) is 1. The Kier molecular flexibility index (Phi) is 2.55. The van der Waals surface area contributed by atoms with Crippen LogP contribution in [0.5, 0.6) is 11.5 Å². The van der Waals surface area contributed by atoms with Crippen LogP contribution in [0.2, 0.25) is 0 Å². The molecule has 1 heterocycles. The van der Waals surface area contributed by atoms with Crippen molar-refractivity contribution in [3.63, 3.8) is 0 Å². The zero-order valence-corrected chi connectivity index (χ0v) is 10.0. The van der Waals surface area contributed by atoms with E-state index in [0.717, 1.165) is 0 Å². The van der Waals surface area contributed by atoms with E-state index in [-0.39, 0.29) is 17.2 Å². The quantitative estimate of drug-likeness (QED) is 0.519. The topological polar surface area (TPSA) is 111 Å². The van der Waals surface area contributed by atoms with Gasteiger partial charge < -0.3 is 24.5 Å². The smallest absolute Gasteiger partial charge is 0.396 e. The van der Waals surface area contributed by atoms with Crippen LogP contribution in [-0.2, 0) is 10.4 Å². The molecule has 1 aliphatic heterocycles. The fourth-order valence-electron chi connectivity index (χ4n) is 1.57. The van der Waals surface area contributed by atoms with Crippen molar-refractivity contribution in [2.45, 2.75) is 20.1 Å². The average molecular weight is 260 g/mol. The predicted octanol–water partition coefficient (Wildman–Crippen LogP) is 0.343. The third-order valence-corrected chi connectivity index (χ3v) is 2.93. The van der Waals surface area contributed by atoms with Crippen molar-refractivity contribution in [3.8, 4) is 11.5 Å². The van der Waals surface area contributed by atoms with Gasteiger partial charge in [0, 0.05) is 0 Å². The normalized spacial score (nSPS) is 17.8. The van der Waals surface area contributed by atoms with Crippen LogP contribution in [0.15, 0.2) is 6.07 Å². The van der Waals surface area contributed by atoms with E-state index in [1.165, 1.54) is 13.0 Å². The molecule has 0 spiro atoms. The van der Waals surface area contributed by atoms with Crippen molar-refractivity contribution in [2.75, 3.05) is 11.1 Å². The lowest BCUT2D eigenvalue weighted by atomic mass is 10.1. The number of hydrogen-bond acceptors (Lipinski definition) is 7. The molecule has 17 heavy (non-hydrogen) atoms. The molecule has 0 amide bonds. The van der Waals surface area contributed by atoms with Crippen LogP contribution in [-0.4, -0.2) is 19.8 Å². The Morgan fingerprint density at radius 2 is 2.00 bits per heavy atom. The number of aryl methyl sites for hydroxylation is 1. The van der Waals surface area contributed by atoms with Gasteiger partial charge in [0.25, 0.3) is 0 Å². The van der Waals surface area contributed by atoms with Gasteiger partial charge >= 0.3 is 10.4 Å². The Hall–Kier alpha value is -1.67. The van der Waals surface area contributed by atoms with Crippen molar-refractivity contribution in [1.29, 1.82) is 0 Å². The number of aliphatic hydroxyl groups is 1. The standard InChI is InChI=1S/C9H12N2O5S/c1-4-3-6(10)8-9(7(4)11-5(2)12)16-17(13,14)15-8/h3,5,11-12H,10H2,1-2H3. The van der Waals surface area contributed by atoms with E-state index in [1.807, 2.05) is 0 Å². The molecule has 1 aliphatic rings. The van der Waals surface area contributed by atoms with Crippen LogP contribution >= 0.6 is 0 Å². The van der Waals surface area contributed by atoms with Crippen LogP contribution in [0.1, 0.15) is 12.5 Å². The minimum atomic E-state index is -4.10. The summed E-state index contributed by atoms with van der Waals surface area (Å²) in [6.07, 6.45) is -0.867. The summed E-state index contributed by atoms with van der Waals surface area (Å²) < 4.78 is 31.7. The maximum absolute atomic E-state index is 11.2. The van der Waals surface area contributed by atoms with Crippen LogP contribution in [0, 0.1) is 6.92 Å². The highest BCUT2D eigenvalue weighted by molar-refractivity contribution is 7.82. The molecule has 2 rings (SSSR count). The maximum Gasteiger partial charge on any atom is 0.501 e. The highest BCUT2D eigenvalue weighted by Crippen LogP contribution is 2.47. The lowest BCUT2D eigenvalue weighted by Crippen LogP contribution is -2.15. The number of nitrogens with one attached hydrogen (secondary N) is 1. The zero-order chi connectivity index (χ0) is 12.8. The van der Waals surface area contributed by atoms with E-state index >= 15 is 0 Å².